The monoisotopic (exact) mass is 357 g/mol. The van der Waals surface area contributed by atoms with Crippen LogP contribution in [0.25, 0.3) is 0 Å². The van der Waals surface area contributed by atoms with E-state index in [9.17, 15) is 4.79 Å². The van der Waals surface area contributed by atoms with Gasteiger partial charge in [0.1, 0.15) is 0 Å². The van der Waals surface area contributed by atoms with Crippen LogP contribution in [-0.2, 0) is 11.3 Å². The molecule has 1 saturated heterocycles. The lowest BCUT2D eigenvalue weighted by molar-refractivity contribution is -0.132. The fourth-order valence-corrected chi connectivity index (χ4v) is 4.11. The highest BCUT2D eigenvalue weighted by Gasteiger charge is 2.23. The van der Waals surface area contributed by atoms with Gasteiger partial charge in [0.2, 0.25) is 5.91 Å². The number of nitrogens with zero attached hydrogens (tertiary/aromatic N) is 3. The van der Waals surface area contributed by atoms with Crippen molar-refractivity contribution in [1.29, 1.82) is 0 Å². The zero-order chi connectivity index (χ0) is 17.8. The van der Waals surface area contributed by atoms with Crippen molar-refractivity contribution in [3.8, 4) is 0 Å². The Morgan fingerprint density at radius 1 is 1.12 bits per heavy atom. The van der Waals surface area contributed by atoms with Crippen LogP contribution in [0.2, 0.25) is 0 Å². The molecule has 0 radical (unpaired) electrons. The van der Waals surface area contributed by atoms with Gasteiger partial charge in [-0.3, -0.25) is 9.69 Å². The van der Waals surface area contributed by atoms with Gasteiger partial charge in [0.05, 0.1) is 6.54 Å². The lowest BCUT2D eigenvalue weighted by atomic mass is 10.1. The fraction of sp³-hybridized carbons (Fsp3) is 0.450. The largest absolute Gasteiger partial charge is 0.368 e. The molecule has 1 aliphatic heterocycles. The number of carbonyl (C=O) groups is 1. The van der Waals surface area contributed by atoms with Gasteiger partial charge in [0.25, 0.3) is 0 Å². The predicted octanol–water partition coefficient (Wildman–Crippen LogP) is 3.15. The molecule has 1 aliphatic rings. The van der Waals surface area contributed by atoms with Crippen molar-refractivity contribution in [1.82, 2.24) is 9.80 Å². The van der Waals surface area contributed by atoms with Crippen LogP contribution >= 0.6 is 11.3 Å². The van der Waals surface area contributed by atoms with Gasteiger partial charge in [-0.05, 0) is 49.5 Å². The van der Waals surface area contributed by atoms with E-state index in [4.69, 9.17) is 0 Å². The van der Waals surface area contributed by atoms with E-state index >= 15 is 0 Å². The minimum absolute atomic E-state index is 0.236. The van der Waals surface area contributed by atoms with Crippen LogP contribution in [0.1, 0.15) is 16.0 Å². The number of thiophene rings is 1. The summed E-state index contributed by atoms with van der Waals surface area (Å²) < 4.78 is 0. The van der Waals surface area contributed by atoms with Crippen LogP contribution in [0.3, 0.4) is 0 Å². The first-order valence-corrected chi connectivity index (χ1v) is 9.72. The molecule has 134 valence electrons. The molecule has 0 saturated carbocycles. The number of hydrogen-bond acceptors (Lipinski definition) is 4. The van der Waals surface area contributed by atoms with Gasteiger partial charge >= 0.3 is 0 Å². The van der Waals surface area contributed by atoms with Crippen molar-refractivity contribution in [2.75, 3.05) is 44.7 Å². The van der Waals surface area contributed by atoms with E-state index in [2.05, 4.69) is 59.4 Å². The molecule has 0 bridgehead atoms. The molecule has 1 aromatic heterocycles. The maximum Gasteiger partial charge on any atom is 0.236 e. The predicted molar refractivity (Wildman–Crippen MR) is 105 cm³/mol. The van der Waals surface area contributed by atoms with E-state index in [0.29, 0.717) is 6.54 Å². The number of aryl methyl sites for hydroxylation is 1. The van der Waals surface area contributed by atoms with Crippen molar-refractivity contribution >= 4 is 22.9 Å². The molecule has 2 aromatic rings. The smallest absolute Gasteiger partial charge is 0.236 e. The summed E-state index contributed by atoms with van der Waals surface area (Å²) in [6.07, 6.45) is 0. The molecule has 1 amide bonds. The molecule has 4 nitrogen and oxygen atoms in total. The van der Waals surface area contributed by atoms with E-state index in [1.54, 1.807) is 11.3 Å². The fourth-order valence-electron chi connectivity index (χ4n) is 3.33. The van der Waals surface area contributed by atoms with Gasteiger partial charge in [0, 0.05) is 43.3 Å². The lowest BCUT2D eigenvalue weighted by Gasteiger charge is -2.37. The van der Waals surface area contributed by atoms with E-state index < -0.39 is 0 Å². The molecular weight excluding hydrogens is 330 g/mol. The Balaban J connectivity index is 1.51. The maximum atomic E-state index is 12.6. The van der Waals surface area contributed by atoms with Gasteiger partial charge in [0.15, 0.2) is 0 Å². The first-order chi connectivity index (χ1) is 12.0. The number of benzene rings is 1. The molecule has 1 aromatic carbocycles. The lowest BCUT2D eigenvalue weighted by Crippen LogP contribution is -2.51. The molecule has 1 fully saturated rings. The third kappa shape index (κ3) is 4.41. The van der Waals surface area contributed by atoms with Crippen LogP contribution in [-0.4, -0.2) is 55.5 Å². The number of amides is 1. The van der Waals surface area contributed by atoms with Crippen molar-refractivity contribution < 1.29 is 4.79 Å². The summed E-state index contributed by atoms with van der Waals surface area (Å²) >= 11 is 1.74. The number of likely N-dealkylation sites (N-methyl/N-ethyl adjacent to an activating group) is 1. The minimum atomic E-state index is 0.236. The van der Waals surface area contributed by atoms with Gasteiger partial charge in [-0.1, -0.05) is 18.2 Å². The summed E-state index contributed by atoms with van der Waals surface area (Å²) in [5.41, 5.74) is 3.98. The van der Waals surface area contributed by atoms with Crippen molar-refractivity contribution in [2.24, 2.45) is 0 Å². The Morgan fingerprint density at radius 2 is 1.88 bits per heavy atom. The van der Waals surface area contributed by atoms with Gasteiger partial charge in [-0.2, -0.15) is 0 Å². The number of anilines is 1. The summed E-state index contributed by atoms with van der Waals surface area (Å²) in [4.78, 5) is 20.4. The Kier molecular flexibility index (Phi) is 5.76. The zero-order valence-corrected chi connectivity index (χ0v) is 16.2. The third-order valence-electron chi connectivity index (χ3n) is 4.96. The molecule has 0 unspecified atom stereocenters. The number of carbonyl (C=O) groups excluding carboxylic acids is 1. The Labute approximate surface area is 154 Å². The second-order valence-electron chi connectivity index (χ2n) is 6.84. The molecular formula is C20H27N3OS. The van der Waals surface area contributed by atoms with Crippen LogP contribution in [0.4, 0.5) is 5.69 Å². The maximum absolute atomic E-state index is 12.6. The van der Waals surface area contributed by atoms with Crippen molar-refractivity contribution in [3.05, 3.63) is 51.7 Å². The standard InChI is InChI=1S/C20H27N3OS/c1-16-6-4-8-19(17(16)2)22-9-11-23(12-10-22)20(24)15-21(3)14-18-7-5-13-25-18/h4-8,13H,9-12,14-15H2,1-3H3. The van der Waals surface area contributed by atoms with Gasteiger partial charge in [-0.15, -0.1) is 11.3 Å². The van der Waals surface area contributed by atoms with Crippen molar-refractivity contribution in [3.63, 3.8) is 0 Å². The summed E-state index contributed by atoms with van der Waals surface area (Å²) in [5.74, 6) is 0.236. The van der Waals surface area contributed by atoms with Crippen molar-refractivity contribution in [2.45, 2.75) is 20.4 Å². The molecule has 0 spiro atoms. The van der Waals surface area contributed by atoms with Gasteiger partial charge < -0.3 is 9.80 Å². The molecule has 2 heterocycles. The highest BCUT2D eigenvalue weighted by Crippen LogP contribution is 2.23. The highest BCUT2D eigenvalue weighted by molar-refractivity contribution is 7.09. The summed E-state index contributed by atoms with van der Waals surface area (Å²) in [6, 6.07) is 10.6. The SMILES string of the molecule is Cc1cccc(N2CCN(C(=O)CN(C)Cc3cccs3)CC2)c1C. The molecule has 0 aliphatic carbocycles. The van der Waals surface area contributed by atoms with Crippen LogP contribution < -0.4 is 4.90 Å². The molecule has 3 rings (SSSR count). The van der Waals surface area contributed by atoms with E-state index in [1.165, 1.54) is 21.7 Å². The summed E-state index contributed by atoms with van der Waals surface area (Å²) in [5, 5.41) is 2.08. The summed E-state index contributed by atoms with van der Waals surface area (Å²) in [6.45, 7) is 9.09. The normalized spacial score (nSPS) is 15.0. The number of rotatable bonds is 5. The number of piperazine rings is 1. The van der Waals surface area contributed by atoms with E-state index in [0.717, 1.165) is 32.7 Å². The average molecular weight is 358 g/mol. The first-order valence-electron chi connectivity index (χ1n) is 8.84. The molecule has 0 N–H and O–H groups in total. The molecule has 25 heavy (non-hydrogen) atoms. The molecule has 5 heteroatoms. The third-order valence-corrected chi connectivity index (χ3v) is 5.82. The van der Waals surface area contributed by atoms with Crippen LogP contribution in [0.15, 0.2) is 35.7 Å². The Morgan fingerprint density at radius 3 is 2.56 bits per heavy atom. The zero-order valence-electron chi connectivity index (χ0n) is 15.4. The Bertz CT molecular complexity index is 706. The second-order valence-corrected chi connectivity index (χ2v) is 7.87. The van der Waals surface area contributed by atoms with E-state index in [1.807, 2.05) is 11.9 Å². The highest BCUT2D eigenvalue weighted by atomic mass is 32.1. The summed E-state index contributed by atoms with van der Waals surface area (Å²) in [7, 11) is 2.02. The molecule has 0 atom stereocenters. The minimum Gasteiger partial charge on any atom is -0.368 e. The van der Waals surface area contributed by atoms with Gasteiger partial charge in [-0.25, -0.2) is 0 Å². The van der Waals surface area contributed by atoms with E-state index in [-0.39, 0.29) is 5.91 Å². The average Bonchev–Trinajstić information content (AvgIpc) is 3.10. The second kappa shape index (κ2) is 8.02. The van der Waals surface area contributed by atoms with Crippen LogP contribution in [0.5, 0.6) is 0 Å². The van der Waals surface area contributed by atoms with Crippen LogP contribution in [0, 0.1) is 13.8 Å². The Hall–Kier alpha value is -1.85. The quantitative estimate of drug-likeness (QED) is 0.822. The first kappa shape index (κ1) is 18.0. The topological polar surface area (TPSA) is 26.8 Å². The number of hydrogen-bond donors (Lipinski definition) is 0.